The van der Waals surface area contributed by atoms with Gasteiger partial charge in [-0.3, -0.25) is 10.1 Å². The Balaban J connectivity index is 2.63. The monoisotopic (exact) mass is 238 g/mol. The number of nitro benzene ring substituents is 1. The third-order valence-corrected chi connectivity index (χ3v) is 2.75. The molecular weight excluding hydrogens is 228 g/mol. The smallest absolute Gasteiger partial charge is 0.258 e. The van der Waals surface area contributed by atoms with Crippen LogP contribution in [0, 0.1) is 28.4 Å². The van der Waals surface area contributed by atoms with E-state index >= 15 is 0 Å². The largest absolute Gasteiger partial charge is 0.270 e. The zero-order chi connectivity index (χ0) is 13.1. The summed E-state index contributed by atoms with van der Waals surface area (Å²) in [6, 6.07) is 13.9. The molecule has 2 aromatic carbocycles. The highest BCUT2D eigenvalue weighted by Crippen LogP contribution is 2.28. The van der Waals surface area contributed by atoms with Crippen LogP contribution in [0.5, 0.6) is 0 Å². The molecule has 2 aromatic rings. The SMILES string of the molecule is Cc1cccc(-c2cccc([N+](=O)[O-])c2)c1C#N. The van der Waals surface area contributed by atoms with Gasteiger partial charge in [-0.1, -0.05) is 30.3 Å². The van der Waals surface area contributed by atoms with E-state index in [0.29, 0.717) is 11.1 Å². The van der Waals surface area contributed by atoms with Gasteiger partial charge in [0, 0.05) is 12.1 Å². The first kappa shape index (κ1) is 11.8. The van der Waals surface area contributed by atoms with Gasteiger partial charge < -0.3 is 0 Å². The Bertz CT molecular complexity index is 657. The maximum atomic E-state index is 10.7. The lowest BCUT2D eigenvalue weighted by atomic mass is 9.96. The Morgan fingerprint density at radius 1 is 1.22 bits per heavy atom. The van der Waals surface area contributed by atoms with Crippen molar-refractivity contribution in [2.45, 2.75) is 6.92 Å². The van der Waals surface area contributed by atoms with E-state index < -0.39 is 4.92 Å². The molecule has 0 saturated heterocycles. The van der Waals surface area contributed by atoms with Crippen LogP contribution in [0.3, 0.4) is 0 Å². The van der Waals surface area contributed by atoms with Crippen LogP contribution in [0.2, 0.25) is 0 Å². The molecule has 0 radical (unpaired) electrons. The first-order valence-corrected chi connectivity index (χ1v) is 5.38. The Hall–Kier alpha value is -2.67. The molecule has 0 amide bonds. The molecule has 18 heavy (non-hydrogen) atoms. The summed E-state index contributed by atoms with van der Waals surface area (Å²) in [7, 11) is 0. The van der Waals surface area contributed by atoms with Crippen molar-refractivity contribution in [3.05, 3.63) is 63.7 Å². The van der Waals surface area contributed by atoms with E-state index in [4.69, 9.17) is 5.26 Å². The van der Waals surface area contributed by atoms with Gasteiger partial charge >= 0.3 is 0 Å². The Morgan fingerprint density at radius 3 is 2.61 bits per heavy atom. The third-order valence-electron chi connectivity index (χ3n) is 2.75. The summed E-state index contributed by atoms with van der Waals surface area (Å²) < 4.78 is 0. The Kier molecular flexibility index (Phi) is 3.07. The molecule has 0 heterocycles. The average Bonchev–Trinajstić information content (AvgIpc) is 2.38. The summed E-state index contributed by atoms with van der Waals surface area (Å²) in [6.45, 7) is 1.85. The molecular formula is C14H10N2O2. The highest BCUT2D eigenvalue weighted by Gasteiger charge is 2.11. The van der Waals surface area contributed by atoms with Gasteiger partial charge in [0.25, 0.3) is 5.69 Å². The summed E-state index contributed by atoms with van der Waals surface area (Å²) in [5, 5.41) is 19.9. The molecule has 4 heteroatoms. The van der Waals surface area contributed by atoms with Crippen LogP contribution in [0.25, 0.3) is 11.1 Å². The highest BCUT2D eigenvalue weighted by atomic mass is 16.6. The maximum Gasteiger partial charge on any atom is 0.270 e. The normalized spacial score (nSPS) is 9.78. The quantitative estimate of drug-likeness (QED) is 0.594. The first-order valence-electron chi connectivity index (χ1n) is 5.38. The van der Waals surface area contributed by atoms with Crippen LogP contribution in [0.4, 0.5) is 5.69 Å². The minimum atomic E-state index is -0.439. The zero-order valence-electron chi connectivity index (χ0n) is 9.75. The van der Waals surface area contributed by atoms with Crippen LogP contribution < -0.4 is 0 Å². The van der Waals surface area contributed by atoms with E-state index in [9.17, 15) is 10.1 Å². The van der Waals surface area contributed by atoms with Gasteiger partial charge in [-0.15, -0.1) is 0 Å². The summed E-state index contributed by atoms with van der Waals surface area (Å²) in [5.41, 5.74) is 2.85. The van der Waals surface area contributed by atoms with Gasteiger partial charge in [0.05, 0.1) is 10.5 Å². The van der Waals surface area contributed by atoms with Crippen molar-refractivity contribution in [1.29, 1.82) is 5.26 Å². The molecule has 0 aromatic heterocycles. The van der Waals surface area contributed by atoms with Crippen molar-refractivity contribution in [3.63, 3.8) is 0 Å². The van der Waals surface area contributed by atoms with Crippen molar-refractivity contribution in [2.75, 3.05) is 0 Å². The van der Waals surface area contributed by atoms with Crippen LogP contribution in [-0.2, 0) is 0 Å². The summed E-state index contributed by atoms with van der Waals surface area (Å²) in [6.07, 6.45) is 0. The number of non-ortho nitro benzene ring substituents is 1. The van der Waals surface area contributed by atoms with Crippen molar-refractivity contribution in [2.24, 2.45) is 0 Å². The van der Waals surface area contributed by atoms with Gasteiger partial charge in [-0.25, -0.2) is 0 Å². The fraction of sp³-hybridized carbons (Fsp3) is 0.0714. The third kappa shape index (κ3) is 2.06. The molecule has 0 aliphatic heterocycles. The minimum Gasteiger partial charge on any atom is -0.258 e. The number of nitriles is 1. The summed E-state index contributed by atoms with van der Waals surface area (Å²) in [4.78, 5) is 10.3. The molecule has 0 N–H and O–H groups in total. The van der Waals surface area contributed by atoms with E-state index in [0.717, 1.165) is 11.1 Å². The Morgan fingerprint density at radius 2 is 1.94 bits per heavy atom. The molecule has 0 aliphatic rings. The zero-order valence-corrected chi connectivity index (χ0v) is 9.75. The van der Waals surface area contributed by atoms with Crippen LogP contribution in [0.15, 0.2) is 42.5 Å². The fourth-order valence-corrected chi connectivity index (χ4v) is 1.84. The van der Waals surface area contributed by atoms with E-state index in [-0.39, 0.29) is 5.69 Å². The van der Waals surface area contributed by atoms with Crippen LogP contribution in [-0.4, -0.2) is 4.92 Å². The molecule has 4 nitrogen and oxygen atoms in total. The van der Waals surface area contributed by atoms with Crippen LogP contribution in [0.1, 0.15) is 11.1 Å². The fourth-order valence-electron chi connectivity index (χ4n) is 1.84. The van der Waals surface area contributed by atoms with E-state index in [2.05, 4.69) is 6.07 Å². The van der Waals surface area contributed by atoms with Gasteiger partial charge in [0.15, 0.2) is 0 Å². The van der Waals surface area contributed by atoms with Crippen molar-refractivity contribution in [1.82, 2.24) is 0 Å². The van der Waals surface area contributed by atoms with Gasteiger partial charge in [0.1, 0.15) is 6.07 Å². The van der Waals surface area contributed by atoms with Crippen molar-refractivity contribution < 1.29 is 4.92 Å². The number of benzene rings is 2. The second-order valence-corrected chi connectivity index (χ2v) is 3.92. The highest BCUT2D eigenvalue weighted by molar-refractivity contribution is 5.73. The standard InChI is InChI=1S/C14H10N2O2/c1-10-4-2-7-13(14(10)9-15)11-5-3-6-12(8-11)16(17)18/h2-8H,1H3. The molecule has 0 bridgehead atoms. The maximum absolute atomic E-state index is 10.7. The molecule has 0 fully saturated rings. The molecule has 0 spiro atoms. The molecule has 0 saturated carbocycles. The van der Waals surface area contributed by atoms with Gasteiger partial charge in [-0.05, 0) is 23.6 Å². The lowest BCUT2D eigenvalue weighted by Crippen LogP contribution is -1.91. The molecule has 0 aliphatic carbocycles. The molecule has 0 atom stereocenters. The molecule has 88 valence electrons. The lowest BCUT2D eigenvalue weighted by molar-refractivity contribution is -0.384. The number of nitrogens with zero attached hydrogens (tertiary/aromatic N) is 2. The first-order chi connectivity index (χ1) is 8.63. The number of aryl methyl sites for hydroxylation is 1. The summed E-state index contributed by atoms with van der Waals surface area (Å²) >= 11 is 0. The number of hydrogen-bond acceptors (Lipinski definition) is 3. The lowest BCUT2D eigenvalue weighted by Gasteiger charge is -2.06. The topological polar surface area (TPSA) is 66.9 Å². The second-order valence-electron chi connectivity index (χ2n) is 3.92. The van der Waals surface area contributed by atoms with E-state index in [1.54, 1.807) is 18.2 Å². The molecule has 0 unspecified atom stereocenters. The predicted molar refractivity (Wildman–Crippen MR) is 68.0 cm³/mol. The molecule has 2 rings (SSSR count). The number of rotatable bonds is 2. The van der Waals surface area contributed by atoms with Gasteiger partial charge in [0.2, 0.25) is 0 Å². The summed E-state index contributed by atoms with van der Waals surface area (Å²) in [5.74, 6) is 0. The minimum absolute atomic E-state index is 0.0258. The van der Waals surface area contributed by atoms with Crippen molar-refractivity contribution >= 4 is 5.69 Å². The Labute approximate surface area is 104 Å². The average molecular weight is 238 g/mol. The number of nitro groups is 1. The van der Waals surface area contributed by atoms with E-state index in [1.165, 1.54) is 12.1 Å². The number of hydrogen-bond donors (Lipinski definition) is 0. The van der Waals surface area contributed by atoms with Crippen molar-refractivity contribution in [3.8, 4) is 17.2 Å². The van der Waals surface area contributed by atoms with Crippen LogP contribution >= 0.6 is 0 Å². The van der Waals surface area contributed by atoms with Gasteiger partial charge in [-0.2, -0.15) is 5.26 Å². The van der Waals surface area contributed by atoms with E-state index in [1.807, 2.05) is 19.1 Å². The second kappa shape index (κ2) is 4.68. The predicted octanol–water partition coefficient (Wildman–Crippen LogP) is 3.44.